The third kappa shape index (κ3) is 4.32. The van der Waals surface area contributed by atoms with Crippen LogP contribution in [0.5, 0.6) is 0 Å². The summed E-state index contributed by atoms with van der Waals surface area (Å²) in [6.07, 6.45) is 4.16. The molecule has 1 aromatic rings. The van der Waals surface area contributed by atoms with Gasteiger partial charge in [0.25, 0.3) is 0 Å². The second kappa shape index (κ2) is 7.10. The molecule has 1 heterocycles. The van der Waals surface area contributed by atoms with E-state index in [0.29, 0.717) is 11.4 Å². The molecule has 1 aromatic carbocycles. The Hall–Kier alpha value is -1.32. The smallest absolute Gasteiger partial charge is 0.249 e. The lowest BCUT2D eigenvalue weighted by Crippen LogP contribution is -2.37. The molecule has 1 aliphatic heterocycles. The first-order valence-electron chi connectivity index (χ1n) is 7.40. The maximum absolute atomic E-state index is 12.6. The topological polar surface area (TPSA) is 40.5 Å². The molecule has 0 spiro atoms. The van der Waals surface area contributed by atoms with Gasteiger partial charge in [0.2, 0.25) is 5.91 Å². The largest absolute Gasteiger partial charge is 0.393 e. The maximum Gasteiger partial charge on any atom is 0.249 e. The molecule has 3 nitrogen and oxygen atoms in total. The summed E-state index contributed by atoms with van der Waals surface area (Å²) >= 11 is 5.86. The number of amides is 1. The van der Waals surface area contributed by atoms with Crippen LogP contribution in [0.25, 0.3) is 6.08 Å². The highest BCUT2D eigenvalue weighted by Gasteiger charge is 2.29. The van der Waals surface area contributed by atoms with E-state index in [2.05, 4.69) is 0 Å². The van der Waals surface area contributed by atoms with Crippen molar-refractivity contribution in [2.75, 3.05) is 6.54 Å². The number of benzene rings is 1. The fraction of sp³-hybridized carbons (Fsp3) is 0.471. The summed E-state index contributed by atoms with van der Waals surface area (Å²) in [6.45, 7) is 4.40. The highest BCUT2D eigenvalue weighted by atomic mass is 35.5. The molecule has 0 radical (unpaired) electrons. The number of carbonyl (C=O) groups excluding carboxylic acids is 1. The van der Waals surface area contributed by atoms with Crippen LogP contribution < -0.4 is 0 Å². The van der Waals surface area contributed by atoms with Crippen LogP contribution in [0.15, 0.2) is 29.8 Å². The lowest BCUT2D eigenvalue weighted by Gasteiger charge is -2.26. The summed E-state index contributed by atoms with van der Waals surface area (Å²) in [5, 5.41) is 10.2. The summed E-state index contributed by atoms with van der Waals surface area (Å²) in [5.74, 6) is 0.0631. The number of halogens is 1. The van der Waals surface area contributed by atoms with Crippen molar-refractivity contribution in [3.8, 4) is 0 Å². The van der Waals surface area contributed by atoms with E-state index in [9.17, 15) is 9.90 Å². The van der Waals surface area contributed by atoms with E-state index in [4.69, 9.17) is 11.6 Å². The Balaban J connectivity index is 2.09. The molecule has 1 fully saturated rings. The summed E-state index contributed by atoms with van der Waals surface area (Å²) < 4.78 is 0. The monoisotopic (exact) mass is 307 g/mol. The quantitative estimate of drug-likeness (QED) is 0.865. The predicted octanol–water partition coefficient (Wildman–Crippen LogP) is 3.51. The average molecular weight is 308 g/mol. The standard InChI is InChI=1S/C17H22ClNO2/c1-12(10-14-5-7-15(18)8-6-14)17(21)19-9-3-4-16(19)11-13(2)20/h5-8,10,13,16,20H,3-4,9,11H2,1-2H3/b12-10+. The maximum atomic E-state index is 12.6. The molecule has 114 valence electrons. The number of hydrogen-bond donors (Lipinski definition) is 1. The van der Waals surface area contributed by atoms with Gasteiger partial charge in [0, 0.05) is 23.2 Å². The van der Waals surface area contributed by atoms with E-state index in [-0.39, 0.29) is 18.1 Å². The van der Waals surface area contributed by atoms with E-state index >= 15 is 0 Å². The molecular weight excluding hydrogens is 286 g/mol. The molecule has 0 bridgehead atoms. The predicted molar refractivity (Wildman–Crippen MR) is 86.1 cm³/mol. The average Bonchev–Trinajstić information content (AvgIpc) is 2.87. The number of nitrogens with zero attached hydrogens (tertiary/aromatic N) is 1. The summed E-state index contributed by atoms with van der Waals surface area (Å²) in [7, 11) is 0. The van der Waals surface area contributed by atoms with E-state index in [1.165, 1.54) is 0 Å². The first-order valence-corrected chi connectivity index (χ1v) is 7.78. The molecule has 0 aliphatic carbocycles. The van der Waals surface area contributed by atoms with E-state index < -0.39 is 0 Å². The van der Waals surface area contributed by atoms with Gasteiger partial charge in [0.1, 0.15) is 0 Å². The number of rotatable bonds is 4. The van der Waals surface area contributed by atoms with Gasteiger partial charge in [-0.25, -0.2) is 0 Å². The van der Waals surface area contributed by atoms with Crippen LogP contribution in [-0.2, 0) is 4.79 Å². The fourth-order valence-corrected chi connectivity index (χ4v) is 2.97. The van der Waals surface area contributed by atoms with Crippen LogP contribution in [0.3, 0.4) is 0 Å². The number of aliphatic hydroxyl groups excluding tert-OH is 1. The van der Waals surface area contributed by atoms with Crippen molar-refractivity contribution in [3.05, 3.63) is 40.4 Å². The number of carbonyl (C=O) groups is 1. The second-order valence-electron chi connectivity index (χ2n) is 5.76. The second-order valence-corrected chi connectivity index (χ2v) is 6.19. The van der Waals surface area contributed by atoms with Crippen molar-refractivity contribution in [3.63, 3.8) is 0 Å². The van der Waals surface area contributed by atoms with Crippen molar-refractivity contribution in [1.29, 1.82) is 0 Å². The Bertz CT molecular complexity index is 522. The molecule has 1 saturated heterocycles. The van der Waals surface area contributed by atoms with Gasteiger partial charge in [-0.15, -0.1) is 0 Å². The van der Waals surface area contributed by atoms with Gasteiger partial charge in [-0.1, -0.05) is 23.7 Å². The molecule has 21 heavy (non-hydrogen) atoms. The zero-order chi connectivity index (χ0) is 15.4. The first-order chi connectivity index (χ1) is 9.97. The molecule has 2 rings (SSSR count). The normalized spacial score (nSPS) is 20.7. The van der Waals surface area contributed by atoms with Crippen LogP contribution in [0, 0.1) is 0 Å². The van der Waals surface area contributed by atoms with Gasteiger partial charge in [0.15, 0.2) is 0 Å². The van der Waals surface area contributed by atoms with Crippen LogP contribution >= 0.6 is 11.6 Å². The lowest BCUT2D eigenvalue weighted by molar-refractivity contribution is -0.128. The number of aliphatic hydroxyl groups is 1. The van der Waals surface area contributed by atoms with Crippen molar-refractivity contribution < 1.29 is 9.90 Å². The Kier molecular flexibility index (Phi) is 5.43. The van der Waals surface area contributed by atoms with Crippen molar-refractivity contribution >= 4 is 23.6 Å². The summed E-state index contributed by atoms with van der Waals surface area (Å²) in [4.78, 5) is 14.5. The molecule has 0 aromatic heterocycles. The van der Waals surface area contributed by atoms with E-state index in [0.717, 1.165) is 30.5 Å². The van der Waals surface area contributed by atoms with E-state index in [1.807, 2.05) is 42.2 Å². The first kappa shape index (κ1) is 16.1. The van der Waals surface area contributed by atoms with Crippen molar-refractivity contribution in [1.82, 2.24) is 4.90 Å². The highest BCUT2D eigenvalue weighted by Crippen LogP contribution is 2.24. The van der Waals surface area contributed by atoms with Gasteiger partial charge in [-0.05, 0) is 56.9 Å². The molecule has 1 N–H and O–H groups in total. The zero-order valence-corrected chi connectivity index (χ0v) is 13.3. The molecule has 4 heteroatoms. The Labute approximate surface area is 131 Å². The Morgan fingerprint density at radius 2 is 2.14 bits per heavy atom. The van der Waals surface area contributed by atoms with Gasteiger partial charge < -0.3 is 10.0 Å². The molecule has 1 aliphatic rings. The minimum absolute atomic E-state index is 0.0631. The molecule has 2 atom stereocenters. The molecular formula is C17H22ClNO2. The highest BCUT2D eigenvalue weighted by molar-refractivity contribution is 6.30. The van der Waals surface area contributed by atoms with Crippen molar-refractivity contribution in [2.45, 2.75) is 45.3 Å². The Morgan fingerprint density at radius 1 is 1.48 bits per heavy atom. The minimum Gasteiger partial charge on any atom is -0.393 e. The van der Waals surface area contributed by atoms with Gasteiger partial charge >= 0.3 is 0 Å². The molecule has 0 saturated carbocycles. The van der Waals surface area contributed by atoms with Crippen LogP contribution in [0.2, 0.25) is 5.02 Å². The lowest BCUT2D eigenvalue weighted by atomic mass is 10.1. The summed E-state index contributed by atoms with van der Waals surface area (Å²) in [6, 6.07) is 7.59. The molecule has 2 unspecified atom stereocenters. The molecule has 1 amide bonds. The minimum atomic E-state index is -0.371. The van der Waals surface area contributed by atoms with Crippen LogP contribution in [0.1, 0.15) is 38.7 Å². The number of hydrogen-bond acceptors (Lipinski definition) is 2. The third-order valence-corrected chi connectivity index (χ3v) is 4.09. The van der Waals surface area contributed by atoms with Crippen LogP contribution in [-0.4, -0.2) is 34.6 Å². The SMILES string of the molecule is C/C(=C\c1ccc(Cl)cc1)C(=O)N1CCCC1CC(C)O. The fourth-order valence-electron chi connectivity index (χ4n) is 2.84. The van der Waals surface area contributed by atoms with E-state index in [1.54, 1.807) is 6.92 Å². The zero-order valence-electron chi connectivity index (χ0n) is 12.6. The third-order valence-electron chi connectivity index (χ3n) is 3.84. The van der Waals surface area contributed by atoms with Gasteiger partial charge in [-0.3, -0.25) is 4.79 Å². The van der Waals surface area contributed by atoms with Gasteiger partial charge in [-0.2, -0.15) is 0 Å². The number of likely N-dealkylation sites (tertiary alicyclic amines) is 1. The van der Waals surface area contributed by atoms with Crippen molar-refractivity contribution in [2.24, 2.45) is 0 Å². The summed E-state index contributed by atoms with van der Waals surface area (Å²) in [5.41, 5.74) is 1.69. The van der Waals surface area contributed by atoms with Crippen LogP contribution in [0.4, 0.5) is 0 Å². The van der Waals surface area contributed by atoms with Gasteiger partial charge in [0.05, 0.1) is 6.10 Å². The Morgan fingerprint density at radius 3 is 2.76 bits per heavy atom.